The Morgan fingerprint density at radius 1 is 1.22 bits per heavy atom. The van der Waals surface area contributed by atoms with E-state index in [-0.39, 0.29) is 27.4 Å². The molecular formula is C18H29ClN4O3S. The fourth-order valence-electron chi connectivity index (χ4n) is 2.90. The third-order valence-electron chi connectivity index (χ3n) is 4.42. The van der Waals surface area contributed by atoms with Crippen molar-refractivity contribution in [3.63, 3.8) is 0 Å². The van der Waals surface area contributed by atoms with E-state index in [4.69, 9.17) is 11.6 Å². The third-order valence-corrected chi connectivity index (χ3v) is 6.40. The van der Waals surface area contributed by atoms with Crippen molar-refractivity contribution in [2.24, 2.45) is 0 Å². The van der Waals surface area contributed by atoms with Gasteiger partial charge in [-0.05, 0) is 52.1 Å². The fourth-order valence-corrected chi connectivity index (χ4v) is 4.38. The number of nitrogens with zero attached hydrogens (tertiary/aromatic N) is 2. The Morgan fingerprint density at radius 3 is 2.52 bits per heavy atom. The zero-order chi connectivity index (χ0) is 20.0. The molecule has 2 N–H and O–H groups in total. The van der Waals surface area contributed by atoms with Gasteiger partial charge >= 0.3 is 0 Å². The van der Waals surface area contributed by atoms with Crippen LogP contribution in [0.1, 0.15) is 30.6 Å². The molecule has 1 aromatic carbocycles. The van der Waals surface area contributed by atoms with E-state index in [1.807, 2.05) is 0 Å². The number of halogens is 1. The van der Waals surface area contributed by atoms with Gasteiger partial charge in [-0.1, -0.05) is 11.6 Å². The number of carbonyl (C=O) groups is 1. The highest BCUT2D eigenvalue weighted by Gasteiger charge is 2.19. The second-order valence-corrected chi connectivity index (χ2v) is 9.29. The quantitative estimate of drug-likeness (QED) is 0.626. The summed E-state index contributed by atoms with van der Waals surface area (Å²) in [5, 5.41) is 3.06. The Balaban J connectivity index is 1.91. The maximum absolute atomic E-state index is 12.4. The summed E-state index contributed by atoms with van der Waals surface area (Å²) in [7, 11) is -1.56. The van der Waals surface area contributed by atoms with Gasteiger partial charge in [0.25, 0.3) is 5.91 Å². The van der Waals surface area contributed by atoms with E-state index in [2.05, 4.69) is 26.9 Å². The monoisotopic (exact) mass is 416 g/mol. The van der Waals surface area contributed by atoms with Crippen molar-refractivity contribution in [2.45, 2.75) is 31.2 Å². The molecule has 1 amide bonds. The van der Waals surface area contributed by atoms with Crippen LogP contribution in [0.5, 0.6) is 0 Å². The third kappa shape index (κ3) is 6.73. The van der Waals surface area contributed by atoms with Crippen molar-refractivity contribution in [3.05, 3.63) is 28.8 Å². The summed E-state index contributed by atoms with van der Waals surface area (Å²) in [6.07, 6.45) is 0.833. The van der Waals surface area contributed by atoms with Gasteiger partial charge in [0.1, 0.15) is 0 Å². The minimum absolute atomic E-state index is 0.0307. The van der Waals surface area contributed by atoms with E-state index in [0.29, 0.717) is 6.54 Å². The predicted octanol–water partition coefficient (Wildman–Crippen LogP) is 1.39. The van der Waals surface area contributed by atoms with Gasteiger partial charge < -0.3 is 15.1 Å². The van der Waals surface area contributed by atoms with Crippen molar-refractivity contribution in [3.8, 4) is 0 Å². The number of benzene rings is 1. The molecule has 1 aliphatic rings. The van der Waals surface area contributed by atoms with Crippen molar-refractivity contribution in [1.82, 2.24) is 19.8 Å². The number of nitrogens with one attached hydrogen (secondary N) is 2. The molecule has 7 nitrogen and oxygen atoms in total. The first kappa shape index (κ1) is 22.1. The van der Waals surface area contributed by atoms with Crippen LogP contribution in [-0.2, 0) is 10.0 Å². The summed E-state index contributed by atoms with van der Waals surface area (Å²) >= 11 is 6.11. The van der Waals surface area contributed by atoms with Gasteiger partial charge in [-0.25, -0.2) is 13.1 Å². The Kier molecular flexibility index (Phi) is 8.05. The number of hydrogen-bond donors (Lipinski definition) is 2. The van der Waals surface area contributed by atoms with Crippen LogP contribution in [0.15, 0.2) is 23.1 Å². The van der Waals surface area contributed by atoms with Gasteiger partial charge in [0.15, 0.2) is 0 Å². The van der Waals surface area contributed by atoms with Gasteiger partial charge in [0.2, 0.25) is 10.0 Å². The topological polar surface area (TPSA) is 81.7 Å². The van der Waals surface area contributed by atoms with Crippen LogP contribution in [0.2, 0.25) is 5.02 Å². The van der Waals surface area contributed by atoms with Gasteiger partial charge in [-0.15, -0.1) is 0 Å². The molecule has 1 saturated heterocycles. The lowest BCUT2D eigenvalue weighted by Gasteiger charge is -2.32. The molecule has 0 aliphatic carbocycles. The fraction of sp³-hybridized carbons (Fsp3) is 0.611. The summed E-state index contributed by atoms with van der Waals surface area (Å²) in [5.74, 6) is -0.361. The summed E-state index contributed by atoms with van der Waals surface area (Å²) in [6, 6.07) is 3.92. The Bertz CT molecular complexity index is 747. The van der Waals surface area contributed by atoms with Crippen molar-refractivity contribution in [2.75, 3.05) is 46.3 Å². The van der Waals surface area contributed by atoms with Crippen LogP contribution in [0.25, 0.3) is 0 Å². The Morgan fingerprint density at radius 2 is 1.89 bits per heavy atom. The van der Waals surface area contributed by atoms with Crippen LogP contribution >= 0.6 is 11.6 Å². The summed E-state index contributed by atoms with van der Waals surface area (Å²) < 4.78 is 27.1. The molecule has 1 heterocycles. The van der Waals surface area contributed by atoms with Crippen molar-refractivity contribution in [1.29, 1.82) is 0 Å². The number of sulfonamides is 1. The van der Waals surface area contributed by atoms with E-state index in [1.165, 1.54) is 18.2 Å². The average Bonchev–Trinajstić information content (AvgIpc) is 2.59. The number of piperazine rings is 1. The first-order chi connectivity index (χ1) is 12.7. The van der Waals surface area contributed by atoms with Crippen LogP contribution in [0.4, 0.5) is 0 Å². The summed E-state index contributed by atoms with van der Waals surface area (Å²) in [4.78, 5) is 17.1. The predicted molar refractivity (Wildman–Crippen MR) is 108 cm³/mol. The number of carbonyl (C=O) groups excluding carboxylic acids is 1. The molecule has 2 rings (SSSR count). The molecule has 152 valence electrons. The van der Waals surface area contributed by atoms with E-state index in [0.717, 1.165) is 39.1 Å². The lowest BCUT2D eigenvalue weighted by atomic mass is 10.2. The van der Waals surface area contributed by atoms with Crippen molar-refractivity contribution >= 4 is 27.5 Å². The molecule has 27 heavy (non-hydrogen) atoms. The molecule has 1 aliphatic heterocycles. The molecule has 0 aromatic heterocycles. The number of hydrogen-bond acceptors (Lipinski definition) is 5. The normalized spacial score (nSPS) is 16.6. The lowest BCUT2D eigenvalue weighted by molar-refractivity contribution is 0.0949. The lowest BCUT2D eigenvalue weighted by Crippen LogP contribution is -2.45. The Labute approximate surface area is 167 Å². The second kappa shape index (κ2) is 9.84. The molecule has 0 unspecified atom stereocenters. The molecular weight excluding hydrogens is 388 g/mol. The van der Waals surface area contributed by atoms with Crippen LogP contribution in [0, 0.1) is 0 Å². The van der Waals surface area contributed by atoms with E-state index in [9.17, 15) is 13.2 Å². The molecule has 0 spiro atoms. The van der Waals surface area contributed by atoms with Crippen molar-refractivity contribution < 1.29 is 13.2 Å². The molecule has 1 aromatic rings. The van der Waals surface area contributed by atoms with Crippen LogP contribution in [0.3, 0.4) is 0 Å². The number of rotatable bonds is 8. The largest absolute Gasteiger partial charge is 0.352 e. The zero-order valence-corrected chi connectivity index (χ0v) is 17.7. The first-order valence-electron chi connectivity index (χ1n) is 9.20. The van der Waals surface area contributed by atoms with Gasteiger partial charge in [-0.2, -0.15) is 0 Å². The summed E-state index contributed by atoms with van der Waals surface area (Å²) in [5.41, 5.74) is 0.169. The smallest absolute Gasteiger partial charge is 0.252 e. The van der Waals surface area contributed by atoms with Gasteiger partial charge in [-0.3, -0.25) is 4.79 Å². The van der Waals surface area contributed by atoms with E-state index < -0.39 is 10.0 Å². The SMILES string of the molecule is CC(C)NS(=O)(=O)c1ccc(Cl)c(C(=O)NCCCN2CCN(C)CC2)c1. The standard InChI is InChI=1S/C18H29ClN4O3S/c1-14(2)21-27(25,26)15-5-6-17(19)16(13-15)18(24)20-7-4-8-23-11-9-22(3)10-12-23/h5-6,13-14,21H,4,7-12H2,1-3H3,(H,20,24). The molecule has 9 heteroatoms. The molecule has 0 atom stereocenters. The van der Waals surface area contributed by atoms with Crippen LogP contribution in [-0.4, -0.2) is 76.5 Å². The first-order valence-corrected chi connectivity index (χ1v) is 11.1. The summed E-state index contributed by atoms with van der Waals surface area (Å²) in [6.45, 7) is 9.12. The second-order valence-electron chi connectivity index (χ2n) is 7.17. The van der Waals surface area contributed by atoms with E-state index in [1.54, 1.807) is 13.8 Å². The maximum atomic E-state index is 12.4. The molecule has 1 fully saturated rings. The zero-order valence-electron chi connectivity index (χ0n) is 16.2. The molecule has 0 bridgehead atoms. The minimum Gasteiger partial charge on any atom is -0.352 e. The maximum Gasteiger partial charge on any atom is 0.252 e. The van der Waals surface area contributed by atoms with Crippen LogP contribution < -0.4 is 10.0 Å². The number of amides is 1. The van der Waals surface area contributed by atoms with Gasteiger partial charge in [0.05, 0.1) is 15.5 Å². The molecule has 0 saturated carbocycles. The number of likely N-dealkylation sites (N-methyl/N-ethyl adjacent to an activating group) is 1. The Hall–Kier alpha value is -1.19. The highest BCUT2D eigenvalue weighted by molar-refractivity contribution is 7.89. The average molecular weight is 417 g/mol. The minimum atomic E-state index is -3.68. The molecule has 0 radical (unpaired) electrons. The van der Waals surface area contributed by atoms with E-state index >= 15 is 0 Å². The highest BCUT2D eigenvalue weighted by atomic mass is 35.5. The van der Waals surface area contributed by atoms with Gasteiger partial charge in [0, 0.05) is 38.8 Å². The highest BCUT2D eigenvalue weighted by Crippen LogP contribution is 2.20.